The van der Waals surface area contributed by atoms with E-state index in [0.717, 1.165) is 0 Å². The van der Waals surface area contributed by atoms with E-state index >= 15 is 0 Å². The fourth-order valence-electron chi connectivity index (χ4n) is 2.48. The average Bonchev–Trinajstić information content (AvgIpc) is 3.04. The summed E-state index contributed by atoms with van der Waals surface area (Å²) in [6, 6.07) is 14.9. The maximum Gasteiger partial charge on any atom is 0.0338 e. The third-order valence-electron chi connectivity index (χ3n) is 3.28. The summed E-state index contributed by atoms with van der Waals surface area (Å²) in [6.45, 7) is 0. The Balaban J connectivity index is 2.03. The second-order valence-corrected chi connectivity index (χ2v) is 4.36. The monoisotopic (exact) mass is 221 g/mol. The third-order valence-corrected chi connectivity index (χ3v) is 3.28. The fraction of sp³-hybridized carbons (Fsp3) is 0.125. The van der Waals surface area contributed by atoms with Crippen LogP contribution in [0.3, 0.4) is 0 Å². The molecule has 1 aliphatic rings. The summed E-state index contributed by atoms with van der Waals surface area (Å²) in [5.74, 6) is 0.845. The van der Waals surface area contributed by atoms with Crippen LogP contribution in [0.2, 0.25) is 0 Å². The van der Waals surface area contributed by atoms with E-state index in [4.69, 9.17) is 0 Å². The minimum atomic E-state index is 0.390. The highest BCUT2D eigenvalue weighted by atomic mass is 14.7. The van der Waals surface area contributed by atoms with Crippen molar-refractivity contribution < 1.29 is 0 Å². The van der Waals surface area contributed by atoms with E-state index in [-0.39, 0.29) is 0 Å². The quantitative estimate of drug-likeness (QED) is 0.809. The largest absolute Gasteiger partial charge is 0.364 e. The van der Waals surface area contributed by atoms with E-state index < -0.39 is 0 Å². The van der Waals surface area contributed by atoms with Crippen molar-refractivity contribution in [1.29, 1.82) is 0 Å². The van der Waals surface area contributed by atoms with Crippen molar-refractivity contribution in [1.82, 2.24) is 4.98 Å². The van der Waals surface area contributed by atoms with Crippen molar-refractivity contribution in [2.45, 2.75) is 5.92 Å². The molecule has 1 aliphatic carbocycles. The number of benzene rings is 1. The molecule has 84 valence electrons. The predicted molar refractivity (Wildman–Crippen MR) is 70.8 cm³/mol. The molecule has 1 atom stereocenters. The van der Waals surface area contributed by atoms with E-state index in [1.807, 2.05) is 6.20 Å². The number of hydrogen-bond donors (Lipinski definition) is 1. The van der Waals surface area contributed by atoms with Crippen LogP contribution < -0.4 is 0 Å². The highest BCUT2D eigenvalue weighted by Gasteiger charge is 2.22. The number of H-pyrrole nitrogens is 1. The summed E-state index contributed by atoms with van der Waals surface area (Å²) < 4.78 is 0. The summed E-state index contributed by atoms with van der Waals surface area (Å²) in [7, 11) is 0. The van der Waals surface area contributed by atoms with Gasteiger partial charge in [-0.05, 0) is 17.7 Å². The van der Waals surface area contributed by atoms with E-state index in [1.54, 1.807) is 0 Å². The summed E-state index contributed by atoms with van der Waals surface area (Å²) >= 11 is 0. The second-order valence-electron chi connectivity index (χ2n) is 4.36. The maximum atomic E-state index is 3.34. The zero-order valence-electron chi connectivity index (χ0n) is 9.58. The Labute approximate surface area is 102 Å². The van der Waals surface area contributed by atoms with Gasteiger partial charge in [0.1, 0.15) is 0 Å². The van der Waals surface area contributed by atoms with Gasteiger partial charge < -0.3 is 4.98 Å². The molecule has 1 N–H and O–H groups in total. The van der Waals surface area contributed by atoms with Crippen LogP contribution in [-0.4, -0.2) is 4.98 Å². The summed E-state index contributed by atoms with van der Waals surface area (Å²) in [4.78, 5) is 3.34. The highest BCUT2D eigenvalue weighted by Crippen LogP contribution is 2.34. The molecule has 17 heavy (non-hydrogen) atoms. The van der Waals surface area contributed by atoms with Gasteiger partial charge in [0, 0.05) is 23.7 Å². The first kappa shape index (κ1) is 10.2. The van der Waals surface area contributed by atoms with Crippen LogP contribution in [-0.2, 0) is 0 Å². The van der Waals surface area contributed by atoms with Gasteiger partial charge in [-0.15, -0.1) is 0 Å². The van der Waals surface area contributed by atoms with Crippen molar-refractivity contribution in [3.05, 3.63) is 84.2 Å². The molecule has 0 spiro atoms. The van der Waals surface area contributed by atoms with Gasteiger partial charge in [0.25, 0.3) is 0 Å². The SMILES string of the molecule is C1=CC(C(c2ccccc2)c2ccc[nH]2)C=C1. The van der Waals surface area contributed by atoms with Crippen LogP contribution in [0.4, 0.5) is 0 Å². The van der Waals surface area contributed by atoms with E-state index in [9.17, 15) is 0 Å². The number of rotatable bonds is 3. The van der Waals surface area contributed by atoms with Crippen LogP contribution in [0.5, 0.6) is 0 Å². The maximum absolute atomic E-state index is 3.34. The molecule has 1 nitrogen and oxygen atoms in total. The van der Waals surface area contributed by atoms with Gasteiger partial charge in [-0.1, -0.05) is 54.6 Å². The number of hydrogen-bond acceptors (Lipinski definition) is 0. The minimum Gasteiger partial charge on any atom is -0.364 e. The zero-order valence-corrected chi connectivity index (χ0v) is 9.58. The lowest BCUT2D eigenvalue weighted by Gasteiger charge is -2.20. The molecule has 1 unspecified atom stereocenters. The second kappa shape index (κ2) is 4.46. The molecule has 1 aromatic carbocycles. The highest BCUT2D eigenvalue weighted by molar-refractivity contribution is 5.35. The van der Waals surface area contributed by atoms with Crippen molar-refractivity contribution in [2.75, 3.05) is 0 Å². The minimum absolute atomic E-state index is 0.390. The number of allylic oxidation sites excluding steroid dienone is 4. The number of aromatic amines is 1. The van der Waals surface area contributed by atoms with Gasteiger partial charge in [-0.2, -0.15) is 0 Å². The van der Waals surface area contributed by atoms with Gasteiger partial charge in [-0.3, -0.25) is 0 Å². The van der Waals surface area contributed by atoms with E-state index in [1.165, 1.54) is 11.3 Å². The first-order chi connectivity index (χ1) is 8.45. The molecule has 1 heteroatoms. The Bertz CT molecular complexity index is 508. The lowest BCUT2D eigenvalue weighted by atomic mass is 9.84. The standard InChI is InChI=1S/C16H15N/c1-2-7-13(8-3-1)16(14-9-4-5-10-14)15-11-6-12-17-15/h1-12,14,16-17H. The lowest BCUT2D eigenvalue weighted by Crippen LogP contribution is -2.09. The Morgan fingerprint density at radius 2 is 1.65 bits per heavy atom. The molecule has 3 rings (SSSR count). The molecule has 0 radical (unpaired) electrons. The molecule has 1 heterocycles. The van der Waals surface area contributed by atoms with Gasteiger partial charge in [-0.25, -0.2) is 0 Å². The van der Waals surface area contributed by atoms with Crippen molar-refractivity contribution in [3.8, 4) is 0 Å². The third kappa shape index (κ3) is 1.96. The molecule has 0 fully saturated rings. The molecular formula is C16H15N. The Morgan fingerprint density at radius 3 is 2.29 bits per heavy atom. The van der Waals surface area contributed by atoms with Crippen LogP contribution in [0.1, 0.15) is 17.2 Å². The Morgan fingerprint density at radius 1 is 0.882 bits per heavy atom. The van der Waals surface area contributed by atoms with Crippen LogP contribution >= 0.6 is 0 Å². The first-order valence-corrected chi connectivity index (χ1v) is 5.98. The first-order valence-electron chi connectivity index (χ1n) is 5.98. The fourth-order valence-corrected chi connectivity index (χ4v) is 2.48. The lowest BCUT2D eigenvalue weighted by molar-refractivity contribution is 0.676. The van der Waals surface area contributed by atoms with Crippen molar-refractivity contribution >= 4 is 0 Å². The zero-order chi connectivity index (χ0) is 11.5. The molecule has 2 aromatic rings. The van der Waals surface area contributed by atoms with Crippen LogP contribution in [0, 0.1) is 5.92 Å². The molecule has 0 saturated carbocycles. The normalized spacial score (nSPS) is 16.5. The summed E-state index contributed by atoms with van der Waals surface area (Å²) in [5, 5.41) is 0. The molecule has 0 bridgehead atoms. The molecule has 0 aliphatic heterocycles. The van der Waals surface area contributed by atoms with E-state index in [0.29, 0.717) is 11.8 Å². The van der Waals surface area contributed by atoms with Gasteiger partial charge >= 0.3 is 0 Å². The number of nitrogens with one attached hydrogen (secondary N) is 1. The Kier molecular flexibility index (Phi) is 2.66. The van der Waals surface area contributed by atoms with Gasteiger partial charge in [0.2, 0.25) is 0 Å². The van der Waals surface area contributed by atoms with Gasteiger partial charge in [0.15, 0.2) is 0 Å². The van der Waals surface area contributed by atoms with E-state index in [2.05, 4.69) is 71.8 Å². The predicted octanol–water partition coefficient (Wildman–Crippen LogP) is 3.89. The molecule has 1 aromatic heterocycles. The van der Waals surface area contributed by atoms with Crippen molar-refractivity contribution in [3.63, 3.8) is 0 Å². The average molecular weight is 221 g/mol. The molecule has 0 amide bonds. The number of aromatic nitrogens is 1. The van der Waals surface area contributed by atoms with Crippen molar-refractivity contribution in [2.24, 2.45) is 5.92 Å². The van der Waals surface area contributed by atoms with Crippen LogP contribution in [0.25, 0.3) is 0 Å². The van der Waals surface area contributed by atoms with Crippen LogP contribution in [0.15, 0.2) is 73.0 Å². The summed E-state index contributed by atoms with van der Waals surface area (Å²) in [6.07, 6.45) is 10.8. The smallest absolute Gasteiger partial charge is 0.0338 e. The molecular weight excluding hydrogens is 206 g/mol. The van der Waals surface area contributed by atoms with Gasteiger partial charge in [0.05, 0.1) is 0 Å². The topological polar surface area (TPSA) is 15.8 Å². The Hall–Kier alpha value is -2.02. The summed E-state index contributed by atoms with van der Waals surface area (Å²) in [5.41, 5.74) is 2.63. The molecule has 0 saturated heterocycles.